The molecule has 1 unspecified atom stereocenters. The first-order chi connectivity index (χ1) is 9.81. The topological polar surface area (TPSA) is 47.0 Å². The number of hydrogen-bond acceptors (Lipinski definition) is 4. The number of nitrogens with zero attached hydrogens (tertiary/aromatic N) is 2. The van der Waals surface area contributed by atoms with Crippen molar-refractivity contribution in [1.29, 1.82) is 0 Å². The summed E-state index contributed by atoms with van der Waals surface area (Å²) in [6, 6.07) is 0. The van der Waals surface area contributed by atoms with Crippen LogP contribution in [-0.4, -0.2) is 23.1 Å². The fourth-order valence-electron chi connectivity index (χ4n) is 2.41. The van der Waals surface area contributed by atoms with Gasteiger partial charge in [-0.1, -0.05) is 27.7 Å². The Morgan fingerprint density at radius 3 is 2.10 bits per heavy atom. The first-order valence-corrected chi connectivity index (χ1v) is 7.97. The van der Waals surface area contributed by atoms with Gasteiger partial charge in [-0.2, -0.15) is 0 Å². The lowest BCUT2D eigenvalue weighted by molar-refractivity contribution is -0.0193. The molecule has 4 heteroatoms. The summed E-state index contributed by atoms with van der Waals surface area (Å²) in [6.07, 6.45) is 1.06. The maximum Gasteiger partial charge on any atom is 0.158 e. The molecule has 1 N–H and O–H groups in total. The van der Waals surface area contributed by atoms with Crippen molar-refractivity contribution >= 4 is 0 Å². The molecule has 0 fully saturated rings. The van der Waals surface area contributed by atoms with Gasteiger partial charge in [0.1, 0.15) is 6.10 Å². The fourth-order valence-corrected chi connectivity index (χ4v) is 2.41. The van der Waals surface area contributed by atoms with Crippen LogP contribution < -0.4 is 5.32 Å². The van der Waals surface area contributed by atoms with Gasteiger partial charge in [0.2, 0.25) is 0 Å². The van der Waals surface area contributed by atoms with Crippen LogP contribution in [0.2, 0.25) is 0 Å². The molecule has 1 heterocycles. The summed E-state index contributed by atoms with van der Waals surface area (Å²) in [5, 5.41) is 3.43. The molecule has 1 aromatic heterocycles. The summed E-state index contributed by atoms with van der Waals surface area (Å²) in [6.45, 7) is 17.3. The van der Waals surface area contributed by atoms with Crippen molar-refractivity contribution in [2.75, 3.05) is 13.2 Å². The molecule has 0 aliphatic rings. The fraction of sp³-hybridized carbons (Fsp3) is 0.765. The average Bonchev–Trinajstić information content (AvgIpc) is 2.37. The molecule has 1 atom stereocenters. The lowest BCUT2D eigenvalue weighted by Gasteiger charge is -2.29. The van der Waals surface area contributed by atoms with Crippen LogP contribution in [0.4, 0.5) is 0 Å². The SMILES string of the molecule is CCCNCc1c(C)nc(C(OCC)C(C)(C)C)nc1C. The lowest BCUT2D eigenvalue weighted by Crippen LogP contribution is -2.25. The van der Waals surface area contributed by atoms with Gasteiger partial charge in [0.15, 0.2) is 5.82 Å². The van der Waals surface area contributed by atoms with E-state index in [9.17, 15) is 0 Å². The molecule has 0 radical (unpaired) electrons. The van der Waals surface area contributed by atoms with E-state index >= 15 is 0 Å². The van der Waals surface area contributed by atoms with Gasteiger partial charge in [-0.3, -0.25) is 0 Å². The minimum absolute atomic E-state index is 0.0170. The second kappa shape index (κ2) is 7.85. The van der Waals surface area contributed by atoms with Crippen LogP contribution in [0.15, 0.2) is 0 Å². The highest BCUT2D eigenvalue weighted by atomic mass is 16.5. The molecule has 21 heavy (non-hydrogen) atoms. The number of aryl methyl sites for hydroxylation is 2. The average molecular weight is 293 g/mol. The molecule has 0 aromatic carbocycles. The second-order valence-electron chi connectivity index (χ2n) is 6.61. The van der Waals surface area contributed by atoms with E-state index in [1.54, 1.807) is 0 Å². The van der Waals surface area contributed by atoms with Gasteiger partial charge >= 0.3 is 0 Å². The van der Waals surface area contributed by atoms with Crippen molar-refractivity contribution in [3.8, 4) is 0 Å². The third-order valence-electron chi connectivity index (χ3n) is 3.52. The molecule has 120 valence electrons. The van der Waals surface area contributed by atoms with E-state index in [4.69, 9.17) is 14.7 Å². The summed E-state index contributed by atoms with van der Waals surface area (Å²) >= 11 is 0. The molecule has 0 aliphatic carbocycles. The normalized spacial score (nSPS) is 13.5. The van der Waals surface area contributed by atoms with Crippen LogP contribution in [0.5, 0.6) is 0 Å². The Balaban J connectivity index is 3.05. The molecular weight excluding hydrogens is 262 g/mol. The predicted molar refractivity (Wildman–Crippen MR) is 87.3 cm³/mol. The third kappa shape index (κ3) is 5.04. The largest absolute Gasteiger partial charge is 0.370 e. The van der Waals surface area contributed by atoms with Gasteiger partial charge in [-0.05, 0) is 39.2 Å². The molecule has 0 amide bonds. The zero-order chi connectivity index (χ0) is 16.0. The van der Waals surface area contributed by atoms with E-state index in [2.05, 4.69) is 46.9 Å². The summed E-state index contributed by atoms with van der Waals surface area (Å²) in [5.41, 5.74) is 3.29. The van der Waals surface area contributed by atoms with Crippen molar-refractivity contribution in [3.63, 3.8) is 0 Å². The zero-order valence-corrected chi connectivity index (χ0v) is 14.7. The van der Waals surface area contributed by atoms with Crippen LogP contribution in [0.25, 0.3) is 0 Å². The lowest BCUT2D eigenvalue weighted by atomic mass is 9.88. The Hall–Kier alpha value is -1.00. The van der Waals surface area contributed by atoms with Crippen LogP contribution >= 0.6 is 0 Å². The first-order valence-electron chi connectivity index (χ1n) is 7.97. The van der Waals surface area contributed by atoms with Crippen molar-refractivity contribution in [2.45, 2.75) is 67.5 Å². The van der Waals surface area contributed by atoms with E-state index in [1.165, 1.54) is 5.56 Å². The molecule has 1 aromatic rings. The summed E-state index contributed by atoms with van der Waals surface area (Å²) in [5.74, 6) is 0.804. The number of rotatable bonds is 7. The van der Waals surface area contributed by atoms with Crippen molar-refractivity contribution < 1.29 is 4.74 Å². The second-order valence-corrected chi connectivity index (χ2v) is 6.61. The molecule has 0 saturated carbocycles. The third-order valence-corrected chi connectivity index (χ3v) is 3.52. The highest BCUT2D eigenvalue weighted by molar-refractivity contribution is 5.25. The highest BCUT2D eigenvalue weighted by Gasteiger charge is 2.30. The zero-order valence-electron chi connectivity index (χ0n) is 14.7. The van der Waals surface area contributed by atoms with Crippen molar-refractivity contribution in [1.82, 2.24) is 15.3 Å². The summed E-state index contributed by atoms with van der Waals surface area (Å²) in [4.78, 5) is 9.44. The van der Waals surface area contributed by atoms with E-state index in [0.717, 1.165) is 36.7 Å². The quantitative estimate of drug-likeness (QED) is 0.778. The maximum absolute atomic E-state index is 5.90. The van der Waals surface area contributed by atoms with Crippen LogP contribution in [0.3, 0.4) is 0 Å². The number of nitrogens with one attached hydrogen (secondary N) is 1. The van der Waals surface area contributed by atoms with Crippen LogP contribution in [0, 0.1) is 19.3 Å². The molecular formula is C17H31N3O. The monoisotopic (exact) mass is 293 g/mol. The van der Waals surface area contributed by atoms with Gasteiger partial charge in [0.25, 0.3) is 0 Å². The first kappa shape index (κ1) is 18.1. The minimum Gasteiger partial charge on any atom is -0.370 e. The Bertz CT molecular complexity index is 429. The van der Waals surface area contributed by atoms with E-state index < -0.39 is 0 Å². The molecule has 0 saturated heterocycles. The number of aromatic nitrogens is 2. The molecule has 1 rings (SSSR count). The van der Waals surface area contributed by atoms with Crippen LogP contribution in [-0.2, 0) is 11.3 Å². The summed E-state index contributed by atoms with van der Waals surface area (Å²) < 4.78 is 5.90. The Kier molecular flexibility index (Phi) is 6.75. The standard InChI is InChI=1S/C17H31N3O/c1-8-10-18-11-14-12(3)19-16(20-13(14)4)15(21-9-2)17(5,6)7/h15,18H,8-11H2,1-7H3. The van der Waals surface area contributed by atoms with E-state index in [0.29, 0.717) is 6.61 Å². The molecule has 0 bridgehead atoms. The maximum atomic E-state index is 5.90. The van der Waals surface area contributed by atoms with Crippen LogP contribution in [0.1, 0.15) is 69.9 Å². The Morgan fingerprint density at radius 1 is 1.10 bits per heavy atom. The Labute approximate surface area is 129 Å². The molecule has 4 nitrogen and oxygen atoms in total. The minimum atomic E-state index is -0.0717. The summed E-state index contributed by atoms with van der Waals surface area (Å²) in [7, 11) is 0. The van der Waals surface area contributed by atoms with Gasteiger partial charge < -0.3 is 10.1 Å². The smallest absolute Gasteiger partial charge is 0.158 e. The van der Waals surface area contributed by atoms with Gasteiger partial charge in [0, 0.05) is 30.1 Å². The number of ether oxygens (including phenoxy) is 1. The van der Waals surface area contributed by atoms with Gasteiger partial charge in [-0.25, -0.2) is 9.97 Å². The van der Waals surface area contributed by atoms with E-state index in [1.807, 2.05) is 6.92 Å². The Morgan fingerprint density at radius 2 is 1.67 bits per heavy atom. The molecule has 0 spiro atoms. The van der Waals surface area contributed by atoms with Gasteiger partial charge in [-0.15, -0.1) is 0 Å². The van der Waals surface area contributed by atoms with Crippen molar-refractivity contribution in [3.05, 3.63) is 22.8 Å². The van der Waals surface area contributed by atoms with Gasteiger partial charge in [0.05, 0.1) is 0 Å². The molecule has 0 aliphatic heterocycles. The highest BCUT2D eigenvalue weighted by Crippen LogP contribution is 2.34. The van der Waals surface area contributed by atoms with Crippen molar-refractivity contribution in [2.24, 2.45) is 5.41 Å². The predicted octanol–water partition coefficient (Wildman–Crippen LogP) is 3.72. The van der Waals surface area contributed by atoms with E-state index in [-0.39, 0.29) is 11.5 Å². The number of hydrogen-bond donors (Lipinski definition) is 1.